The normalized spacial score (nSPS) is 15.2. The van der Waals surface area contributed by atoms with Crippen LogP contribution in [0.3, 0.4) is 0 Å². The van der Waals surface area contributed by atoms with Crippen molar-refractivity contribution in [2.24, 2.45) is 11.8 Å². The summed E-state index contributed by atoms with van der Waals surface area (Å²) in [5.74, 6) is 0.642. The predicted molar refractivity (Wildman–Crippen MR) is 98.3 cm³/mol. The SMILES string of the molecule is CC(C)C(=O)N1CCC(C(=O)NCCCCOc2ccc(F)cc2)CC1. The number of carbonyl (C=O) groups is 2. The monoisotopic (exact) mass is 364 g/mol. The Balaban J connectivity index is 1.55. The Kier molecular flexibility index (Phi) is 7.88. The topological polar surface area (TPSA) is 58.6 Å². The van der Waals surface area contributed by atoms with Gasteiger partial charge in [-0.25, -0.2) is 4.39 Å². The van der Waals surface area contributed by atoms with E-state index in [1.807, 2.05) is 18.7 Å². The Bertz CT molecular complexity index is 581. The average molecular weight is 364 g/mol. The van der Waals surface area contributed by atoms with Crippen LogP contribution >= 0.6 is 0 Å². The number of nitrogens with zero attached hydrogens (tertiary/aromatic N) is 1. The van der Waals surface area contributed by atoms with Gasteiger partial charge in [-0.3, -0.25) is 9.59 Å². The number of likely N-dealkylation sites (tertiary alicyclic amines) is 1. The van der Waals surface area contributed by atoms with Gasteiger partial charge in [0.2, 0.25) is 11.8 Å². The minimum Gasteiger partial charge on any atom is -0.494 e. The number of carbonyl (C=O) groups excluding carboxylic acids is 2. The van der Waals surface area contributed by atoms with Crippen LogP contribution in [0, 0.1) is 17.7 Å². The summed E-state index contributed by atoms with van der Waals surface area (Å²) in [6, 6.07) is 5.95. The molecule has 0 bridgehead atoms. The van der Waals surface area contributed by atoms with Crippen molar-refractivity contribution >= 4 is 11.8 Å². The molecule has 0 spiro atoms. The van der Waals surface area contributed by atoms with Crippen molar-refractivity contribution in [1.82, 2.24) is 10.2 Å². The zero-order valence-corrected chi connectivity index (χ0v) is 15.7. The molecule has 1 saturated heterocycles. The zero-order valence-electron chi connectivity index (χ0n) is 15.7. The highest BCUT2D eigenvalue weighted by molar-refractivity contribution is 5.80. The summed E-state index contributed by atoms with van der Waals surface area (Å²) in [5.41, 5.74) is 0. The van der Waals surface area contributed by atoms with Crippen LogP contribution in [0.15, 0.2) is 24.3 Å². The molecule has 1 aliphatic rings. The molecule has 6 heteroatoms. The van der Waals surface area contributed by atoms with Crippen LogP contribution < -0.4 is 10.1 Å². The fraction of sp³-hybridized carbons (Fsp3) is 0.600. The quantitative estimate of drug-likeness (QED) is 0.722. The molecule has 0 aliphatic carbocycles. The van der Waals surface area contributed by atoms with Gasteiger partial charge in [0.05, 0.1) is 6.61 Å². The van der Waals surface area contributed by atoms with Gasteiger partial charge < -0.3 is 15.0 Å². The van der Waals surface area contributed by atoms with E-state index in [1.54, 1.807) is 12.1 Å². The Morgan fingerprint density at radius 1 is 1.19 bits per heavy atom. The maximum Gasteiger partial charge on any atom is 0.225 e. The standard InChI is InChI=1S/C20H29FN2O3/c1-15(2)20(25)23-12-9-16(10-13-23)19(24)22-11-3-4-14-26-18-7-5-17(21)6-8-18/h5-8,15-16H,3-4,9-14H2,1-2H3,(H,22,24). The number of benzene rings is 1. The van der Waals surface area contributed by atoms with Gasteiger partial charge in [-0.2, -0.15) is 0 Å². The summed E-state index contributed by atoms with van der Waals surface area (Å²) in [6.07, 6.45) is 3.12. The molecule has 5 nitrogen and oxygen atoms in total. The van der Waals surface area contributed by atoms with Crippen molar-refractivity contribution < 1.29 is 18.7 Å². The molecule has 0 unspecified atom stereocenters. The van der Waals surface area contributed by atoms with Crippen LogP contribution in [0.25, 0.3) is 0 Å². The van der Waals surface area contributed by atoms with E-state index in [1.165, 1.54) is 12.1 Å². The second-order valence-corrected chi connectivity index (χ2v) is 7.05. The fourth-order valence-electron chi connectivity index (χ4n) is 3.03. The Labute approximate surface area is 154 Å². The summed E-state index contributed by atoms with van der Waals surface area (Å²) in [7, 11) is 0. The third-order valence-corrected chi connectivity index (χ3v) is 4.62. The number of nitrogens with one attached hydrogen (secondary N) is 1. The maximum atomic E-state index is 12.8. The number of rotatable bonds is 8. The molecule has 1 fully saturated rings. The summed E-state index contributed by atoms with van der Waals surface area (Å²) >= 11 is 0. The van der Waals surface area contributed by atoms with Crippen molar-refractivity contribution in [3.8, 4) is 5.75 Å². The number of amides is 2. The first-order chi connectivity index (χ1) is 12.5. The van der Waals surface area contributed by atoms with Gasteiger partial charge in [-0.1, -0.05) is 13.8 Å². The number of unbranched alkanes of at least 4 members (excludes halogenated alkanes) is 1. The third-order valence-electron chi connectivity index (χ3n) is 4.62. The molecule has 1 heterocycles. The Morgan fingerprint density at radius 2 is 1.85 bits per heavy atom. The van der Waals surface area contributed by atoms with Crippen LogP contribution in [0.1, 0.15) is 39.5 Å². The molecule has 0 atom stereocenters. The van der Waals surface area contributed by atoms with Crippen LogP contribution in [0.2, 0.25) is 0 Å². The Morgan fingerprint density at radius 3 is 2.46 bits per heavy atom. The second kappa shape index (κ2) is 10.1. The lowest BCUT2D eigenvalue weighted by Crippen LogP contribution is -2.44. The van der Waals surface area contributed by atoms with Crippen molar-refractivity contribution in [1.29, 1.82) is 0 Å². The Hall–Kier alpha value is -2.11. The van der Waals surface area contributed by atoms with Gasteiger partial charge in [0.1, 0.15) is 11.6 Å². The summed E-state index contributed by atoms with van der Waals surface area (Å²) in [5, 5.41) is 2.98. The van der Waals surface area contributed by atoms with E-state index in [0.29, 0.717) is 32.0 Å². The lowest BCUT2D eigenvalue weighted by molar-refractivity contribution is -0.138. The van der Waals surface area contributed by atoms with E-state index in [0.717, 1.165) is 25.7 Å². The van der Waals surface area contributed by atoms with Crippen molar-refractivity contribution in [2.75, 3.05) is 26.2 Å². The number of piperidine rings is 1. The molecule has 1 N–H and O–H groups in total. The highest BCUT2D eigenvalue weighted by Crippen LogP contribution is 2.19. The molecule has 1 aromatic carbocycles. The van der Waals surface area contributed by atoms with Gasteiger partial charge >= 0.3 is 0 Å². The maximum absolute atomic E-state index is 12.8. The molecule has 1 aliphatic heterocycles. The van der Waals surface area contributed by atoms with Crippen LogP contribution in [-0.4, -0.2) is 43.0 Å². The molecule has 26 heavy (non-hydrogen) atoms. The summed E-state index contributed by atoms with van der Waals surface area (Å²) < 4.78 is 18.3. The lowest BCUT2D eigenvalue weighted by Gasteiger charge is -2.32. The van der Waals surface area contributed by atoms with Crippen LogP contribution in [-0.2, 0) is 9.59 Å². The van der Waals surface area contributed by atoms with Gasteiger partial charge in [0.25, 0.3) is 0 Å². The highest BCUT2D eigenvalue weighted by atomic mass is 19.1. The van der Waals surface area contributed by atoms with Crippen molar-refractivity contribution in [2.45, 2.75) is 39.5 Å². The molecule has 144 valence electrons. The largest absolute Gasteiger partial charge is 0.494 e. The van der Waals surface area contributed by atoms with Gasteiger partial charge in [-0.15, -0.1) is 0 Å². The third kappa shape index (κ3) is 6.32. The first kappa shape index (κ1) is 20.2. The second-order valence-electron chi connectivity index (χ2n) is 7.05. The molecule has 2 amide bonds. The van der Waals surface area contributed by atoms with E-state index < -0.39 is 0 Å². The van der Waals surface area contributed by atoms with Gasteiger partial charge in [0.15, 0.2) is 0 Å². The van der Waals surface area contributed by atoms with E-state index in [2.05, 4.69) is 5.32 Å². The molecular formula is C20H29FN2O3. The van der Waals surface area contributed by atoms with E-state index in [9.17, 15) is 14.0 Å². The molecule has 0 aromatic heterocycles. The smallest absolute Gasteiger partial charge is 0.225 e. The van der Waals surface area contributed by atoms with E-state index in [-0.39, 0.29) is 29.5 Å². The summed E-state index contributed by atoms with van der Waals surface area (Å²) in [4.78, 5) is 26.0. The van der Waals surface area contributed by atoms with Crippen LogP contribution in [0.5, 0.6) is 5.75 Å². The number of hydrogen-bond donors (Lipinski definition) is 1. The van der Waals surface area contributed by atoms with Crippen molar-refractivity contribution in [3.05, 3.63) is 30.1 Å². The fourth-order valence-corrected chi connectivity index (χ4v) is 3.03. The highest BCUT2D eigenvalue weighted by Gasteiger charge is 2.27. The first-order valence-electron chi connectivity index (χ1n) is 9.42. The predicted octanol–water partition coefficient (Wildman–Crippen LogP) is 3.00. The van der Waals surface area contributed by atoms with Gasteiger partial charge in [-0.05, 0) is 49.9 Å². The lowest BCUT2D eigenvalue weighted by atomic mass is 9.95. The minimum atomic E-state index is -0.278. The number of ether oxygens (including phenoxy) is 1. The van der Waals surface area contributed by atoms with Gasteiger partial charge in [0, 0.05) is 31.5 Å². The average Bonchev–Trinajstić information content (AvgIpc) is 2.65. The zero-order chi connectivity index (χ0) is 18.9. The summed E-state index contributed by atoms with van der Waals surface area (Å²) in [6.45, 7) is 6.30. The molecular weight excluding hydrogens is 335 g/mol. The number of hydrogen-bond acceptors (Lipinski definition) is 3. The molecule has 1 aromatic rings. The van der Waals surface area contributed by atoms with Crippen molar-refractivity contribution in [3.63, 3.8) is 0 Å². The first-order valence-corrected chi connectivity index (χ1v) is 9.42. The molecule has 2 rings (SSSR count). The number of halogens is 1. The molecule has 0 saturated carbocycles. The minimum absolute atomic E-state index is 0.00155. The van der Waals surface area contributed by atoms with Crippen LogP contribution in [0.4, 0.5) is 4.39 Å². The van der Waals surface area contributed by atoms with E-state index in [4.69, 9.17) is 4.74 Å². The molecule has 0 radical (unpaired) electrons. The van der Waals surface area contributed by atoms with E-state index >= 15 is 0 Å².